The molecular formula is C13H26O2. The Morgan fingerprint density at radius 1 is 0.867 bits per heavy atom. The van der Waals surface area contributed by atoms with Gasteiger partial charge in [-0.15, -0.1) is 0 Å². The third-order valence-electron chi connectivity index (χ3n) is 3.18. The van der Waals surface area contributed by atoms with Crippen molar-refractivity contribution in [2.45, 2.75) is 46.0 Å². The lowest BCUT2D eigenvalue weighted by Crippen LogP contribution is -2.19. The maximum absolute atomic E-state index is 5.65. The second-order valence-electron chi connectivity index (χ2n) is 4.60. The van der Waals surface area contributed by atoms with Gasteiger partial charge in [0.05, 0.1) is 0 Å². The fourth-order valence-corrected chi connectivity index (χ4v) is 2.31. The maximum Gasteiger partial charge on any atom is 0.0497 e. The summed E-state index contributed by atoms with van der Waals surface area (Å²) in [5.74, 6) is 1.52. The van der Waals surface area contributed by atoms with Gasteiger partial charge in [-0.2, -0.15) is 0 Å². The minimum Gasteiger partial charge on any atom is -0.381 e. The van der Waals surface area contributed by atoms with Crippen LogP contribution in [-0.2, 0) is 9.47 Å². The Morgan fingerprint density at radius 2 is 1.33 bits per heavy atom. The van der Waals surface area contributed by atoms with Gasteiger partial charge >= 0.3 is 0 Å². The molecule has 0 aromatic carbocycles. The lowest BCUT2D eigenvalue weighted by Gasteiger charge is -2.19. The molecule has 90 valence electrons. The normalized spacial score (nSPS) is 26.0. The minimum absolute atomic E-state index is 0.758. The Kier molecular flexibility index (Phi) is 7.03. The van der Waals surface area contributed by atoms with Crippen LogP contribution >= 0.6 is 0 Å². The van der Waals surface area contributed by atoms with E-state index < -0.39 is 0 Å². The van der Waals surface area contributed by atoms with Crippen LogP contribution in [0.25, 0.3) is 0 Å². The quantitative estimate of drug-likeness (QED) is 0.577. The average molecular weight is 214 g/mol. The van der Waals surface area contributed by atoms with E-state index in [9.17, 15) is 0 Å². The van der Waals surface area contributed by atoms with Crippen molar-refractivity contribution in [3.05, 3.63) is 0 Å². The summed E-state index contributed by atoms with van der Waals surface area (Å²) >= 11 is 0. The van der Waals surface area contributed by atoms with E-state index in [0.717, 1.165) is 51.1 Å². The predicted octanol–water partition coefficient (Wildman–Crippen LogP) is 3.26. The molecule has 0 radical (unpaired) electrons. The van der Waals surface area contributed by atoms with E-state index in [4.69, 9.17) is 9.47 Å². The first-order valence-electron chi connectivity index (χ1n) is 6.54. The van der Waals surface area contributed by atoms with Crippen molar-refractivity contribution < 1.29 is 9.47 Å². The first-order valence-corrected chi connectivity index (χ1v) is 6.54. The highest BCUT2D eigenvalue weighted by molar-refractivity contribution is 4.77. The number of ether oxygens (including phenoxy) is 2. The van der Waals surface area contributed by atoms with Gasteiger partial charge in [0.2, 0.25) is 0 Å². The molecule has 1 saturated carbocycles. The molecule has 0 saturated heterocycles. The molecule has 2 heteroatoms. The molecule has 0 aromatic heterocycles. The Labute approximate surface area is 94.3 Å². The van der Waals surface area contributed by atoms with Gasteiger partial charge in [-0.05, 0) is 37.5 Å². The van der Waals surface area contributed by atoms with Gasteiger partial charge in [-0.1, -0.05) is 20.3 Å². The second-order valence-corrected chi connectivity index (χ2v) is 4.60. The molecule has 1 rings (SSSR count). The first kappa shape index (κ1) is 13.0. The summed E-state index contributed by atoms with van der Waals surface area (Å²) in [5.41, 5.74) is 0. The monoisotopic (exact) mass is 214 g/mol. The van der Waals surface area contributed by atoms with Crippen LogP contribution in [0.2, 0.25) is 0 Å². The molecular weight excluding hydrogens is 188 g/mol. The number of rotatable bonds is 8. The van der Waals surface area contributed by atoms with E-state index in [-0.39, 0.29) is 0 Å². The van der Waals surface area contributed by atoms with Crippen molar-refractivity contribution in [2.24, 2.45) is 11.8 Å². The largest absolute Gasteiger partial charge is 0.381 e. The molecule has 2 unspecified atom stereocenters. The van der Waals surface area contributed by atoms with Crippen LogP contribution in [0.15, 0.2) is 0 Å². The van der Waals surface area contributed by atoms with E-state index in [1.54, 1.807) is 0 Å². The summed E-state index contributed by atoms with van der Waals surface area (Å²) in [6, 6.07) is 0. The van der Waals surface area contributed by atoms with Crippen LogP contribution < -0.4 is 0 Å². The molecule has 0 heterocycles. The third-order valence-corrected chi connectivity index (χ3v) is 3.18. The number of hydrogen-bond acceptors (Lipinski definition) is 2. The minimum atomic E-state index is 0.758. The summed E-state index contributed by atoms with van der Waals surface area (Å²) in [6.45, 7) is 8.06. The van der Waals surface area contributed by atoms with Crippen molar-refractivity contribution in [2.75, 3.05) is 26.4 Å². The molecule has 2 atom stereocenters. The predicted molar refractivity (Wildman–Crippen MR) is 63.1 cm³/mol. The second kappa shape index (κ2) is 8.12. The zero-order chi connectivity index (χ0) is 10.9. The summed E-state index contributed by atoms with van der Waals surface area (Å²) in [6.07, 6.45) is 6.29. The molecule has 0 spiro atoms. The molecule has 0 aliphatic heterocycles. The van der Waals surface area contributed by atoms with E-state index in [1.807, 2.05) is 0 Å². The standard InChI is InChI=1S/C13H26O2/c1-3-8-14-10-12-6-5-7-13(12)11-15-9-4-2/h12-13H,3-11H2,1-2H3. The molecule has 15 heavy (non-hydrogen) atoms. The van der Waals surface area contributed by atoms with Crippen molar-refractivity contribution in [1.29, 1.82) is 0 Å². The topological polar surface area (TPSA) is 18.5 Å². The van der Waals surface area contributed by atoms with Crippen molar-refractivity contribution in [1.82, 2.24) is 0 Å². The van der Waals surface area contributed by atoms with Gasteiger partial charge in [0.1, 0.15) is 0 Å². The summed E-state index contributed by atoms with van der Waals surface area (Å²) < 4.78 is 11.3. The van der Waals surface area contributed by atoms with E-state index in [0.29, 0.717) is 0 Å². The van der Waals surface area contributed by atoms with Crippen LogP contribution in [0.1, 0.15) is 46.0 Å². The van der Waals surface area contributed by atoms with Gasteiger partial charge in [0.15, 0.2) is 0 Å². The molecule has 2 nitrogen and oxygen atoms in total. The summed E-state index contributed by atoms with van der Waals surface area (Å²) in [7, 11) is 0. The third kappa shape index (κ3) is 4.98. The fourth-order valence-electron chi connectivity index (χ4n) is 2.31. The zero-order valence-corrected chi connectivity index (χ0v) is 10.3. The Balaban J connectivity index is 2.11. The highest BCUT2D eigenvalue weighted by Gasteiger charge is 2.27. The lowest BCUT2D eigenvalue weighted by atomic mass is 9.98. The van der Waals surface area contributed by atoms with Gasteiger partial charge in [-0.25, -0.2) is 0 Å². The van der Waals surface area contributed by atoms with Crippen LogP contribution in [0.4, 0.5) is 0 Å². The zero-order valence-electron chi connectivity index (χ0n) is 10.3. The van der Waals surface area contributed by atoms with Crippen molar-refractivity contribution in [3.8, 4) is 0 Å². The molecule has 0 aromatic rings. The van der Waals surface area contributed by atoms with E-state index in [2.05, 4.69) is 13.8 Å². The van der Waals surface area contributed by atoms with E-state index >= 15 is 0 Å². The first-order chi connectivity index (χ1) is 7.38. The smallest absolute Gasteiger partial charge is 0.0497 e. The molecule has 1 fully saturated rings. The van der Waals surface area contributed by atoms with Crippen LogP contribution in [-0.4, -0.2) is 26.4 Å². The van der Waals surface area contributed by atoms with Crippen LogP contribution in [0.3, 0.4) is 0 Å². The molecule has 0 N–H and O–H groups in total. The fraction of sp³-hybridized carbons (Fsp3) is 1.00. The van der Waals surface area contributed by atoms with Gasteiger partial charge < -0.3 is 9.47 Å². The maximum atomic E-state index is 5.65. The SMILES string of the molecule is CCCOCC1CCCC1COCCC. The molecule has 0 amide bonds. The van der Waals surface area contributed by atoms with Crippen molar-refractivity contribution in [3.63, 3.8) is 0 Å². The average Bonchev–Trinajstić information content (AvgIpc) is 2.67. The molecule has 1 aliphatic carbocycles. The molecule has 1 aliphatic rings. The van der Waals surface area contributed by atoms with Gasteiger partial charge in [0, 0.05) is 26.4 Å². The summed E-state index contributed by atoms with van der Waals surface area (Å²) in [5, 5.41) is 0. The Bertz CT molecular complexity index is 131. The molecule has 0 bridgehead atoms. The Hall–Kier alpha value is -0.0800. The Morgan fingerprint density at radius 3 is 1.73 bits per heavy atom. The lowest BCUT2D eigenvalue weighted by molar-refractivity contribution is 0.0446. The van der Waals surface area contributed by atoms with Crippen LogP contribution in [0.5, 0.6) is 0 Å². The highest BCUT2D eigenvalue weighted by atomic mass is 16.5. The van der Waals surface area contributed by atoms with Crippen molar-refractivity contribution >= 4 is 0 Å². The number of hydrogen-bond donors (Lipinski definition) is 0. The highest BCUT2D eigenvalue weighted by Crippen LogP contribution is 2.32. The van der Waals surface area contributed by atoms with Gasteiger partial charge in [0.25, 0.3) is 0 Å². The van der Waals surface area contributed by atoms with Crippen LogP contribution in [0, 0.1) is 11.8 Å². The van der Waals surface area contributed by atoms with E-state index in [1.165, 1.54) is 19.3 Å². The van der Waals surface area contributed by atoms with Gasteiger partial charge in [-0.3, -0.25) is 0 Å². The summed E-state index contributed by atoms with van der Waals surface area (Å²) in [4.78, 5) is 0.